The van der Waals surface area contributed by atoms with Crippen LogP contribution in [0.15, 0.2) is 64.6 Å². The molecule has 0 saturated carbocycles. The van der Waals surface area contributed by atoms with E-state index in [-0.39, 0.29) is 4.90 Å². The molecule has 0 atom stereocenters. The number of rotatable bonds is 6. The molecule has 2 aromatic carbocycles. The maximum atomic E-state index is 11.9. The molecule has 0 unspecified atom stereocenters. The number of hydrazine groups is 2. The van der Waals surface area contributed by atoms with Crippen molar-refractivity contribution < 1.29 is 8.42 Å². The fraction of sp³-hybridized carbons (Fsp3) is 0.0714. The molecule has 110 valence electrons. The zero-order valence-electron chi connectivity index (χ0n) is 11.4. The van der Waals surface area contributed by atoms with Crippen molar-refractivity contribution in [2.75, 3.05) is 0 Å². The molecule has 0 spiro atoms. The van der Waals surface area contributed by atoms with E-state index in [0.717, 1.165) is 11.1 Å². The third kappa shape index (κ3) is 4.67. The summed E-state index contributed by atoms with van der Waals surface area (Å²) in [5, 5.41) is 3.84. The van der Waals surface area contributed by atoms with Crippen molar-refractivity contribution >= 4 is 16.2 Å². The molecule has 0 radical (unpaired) electrons. The maximum Gasteiger partial charge on any atom is 0.254 e. The van der Waals surface area contributed by atoms with E-state index in [9.17, 15) is 8.42 Å². The highest BCUT2D eigenvalue weighted by Gasteiger charge is 2.12. The second-order valence-electron chi connectivity index (χ2n) is 4.32. The summed E-state index contributed by atoms with van der Waals surface area (Å²) >= 11 is 0. The van der Waals surface area contributed by atoms with Crippen molar-refractivity contribution in [1.29, 1.82) is 0 Å². The van der Waals surface area contributed by atoms with Gasteiger partial charge in [-0.3, -0.25) is 0 Å². The van der Waals surface area contributed by atoms with Gasteiger partial charge in [0.05, 0.1) is 11.1 Å². The first kappa shape index (κ1) is 15.2. The molecule has 0 aliphatic carbocycles. The van der Waals surface area contributed by atoms with E-state index < -0.39 is 10.0 Å². The normalized spacial score (nSPS) is 11.7. The molecule has 0 amide bonds. The average Bonchev–Trinajstić information content (AvgIpc) is 2.48. The second-order valence-corrected chi connectivity index (χ2v) is 6.01. The third-order valence-electron chi connectivity index (χ3n) is 2.65. The molecule has 3 N–H and O–H groups in total. The largest absolute Gasteiger partial charge is 0.254 e. The highest BCUT2D eigenvalue weighted by molar-refractivity contribution is 7.89. The quantitative estimate of drug-likeness (QED) is 0.427. The Balaban J connectivity index is 1.85. The second kappa shape index (κ2) is 6.98. The lowest BCUT2D eigenvalue weighted by molar-refractivity contribution is 0.503. The molecule has 2 rings (SSSR count). The number of nitrogens with zero attached hydrogens (tertiary/aromatic N) is 1. The monoisotopic (exact) mass is 304 g/mol. The Hall–Kier alpha value is -2.22. The lowest BCUT2D eigenvalue weighted by Crippen LogP contribution is -2.44. The van der Waals surface area contributed by atoms with Crippen LogP contribution in [0.2, 0.25) is 0 Å². The molecular weight excluding hydrogens is 288 g/mol. The minimum absolute atomic E-state index is 0.175. The van der Waals surface area contributed by atoms with Gasteiger partial charge in [-0.2, -0.15) is 5.10 Å². The first-order valence-corrected chi connectivity index (χ1v) is 7.73. The Kier molecular flexibility index (Phi) is 5.04. The Morgan fingerprint density at radius 2 is 1.67 bits per heavy atom. The van der Waals surface area contributed by atoms with E-state index in [0.29, 0.717) is 0 Å². The van der Waals surface area contributed by atoms with Crippen molar-refractivity contribution in [2.24, 2.45) is 5.10 Å². The summed E-state index contributed by atoms with van der Waals surface area (Å²) < 4.78 is 23.8. The van der Waals surface area contributed by atoms with E-state index in [1.165, 1.54) is 12.1 Å². The van der Waals surface area contributed by atoms with Crippen LogP contribution in [0.3, 0.4) is 0 Å². The molecular formula is C14H16N4O2S. The fourth-order valence-corrected chi connectivity index (χ4v) is 2.34. The number of hydrogen-bond donors (Lipinski definition) is 3. The van der Waals surface area contributed by atoms with Crippen LogP contribution in [-0.2, 0) is 10.0 Å². The first-order valence-electron chi connectivity index (χ1n) is 6.24. The van der Waals surface area contributed by atoms with Gasteiger partial charge in [0.1, 0.15) is 0 Å². The number of aryl methyl sites for hydroxylation is 1. The Labute approximate surface area is 123 Å². The number of hydrogen-bond acceptors (Lipinski definition) is 5. The SMILES string of the molecule is Cc1ccc(S(=O)(=O)NNNN=Cc2ccccc2)cc1. The van der Waals surface area contributed by atoms with Gasteiger partial charge < -0.3 is 0 Å². The summed E-state index contributed by atoms with van der Waals surface area (Å²) in [6.45, 7) is 1.89. The molecule has 0 saturated heterocycles. The molecule has 0 aromatic heterocycles. The Bertz CT molecular complexity index is 698. The molecule has 0 aliphatic rings. The highest BCUT2D eigenvalue weighted by Crippen LogP contribution is 2.08. The lowest BCUT2D eigenvalue weighted by atomic mass is 10.2. The number of hydrazone groups is 1. The molecule has 21 heavy (non-hydrogen) atoms. The van der Waals surface area contributed by atoms with Crippen LogP contribution >= 0.6 is 0 Å². The molecule has 0 heterocycles. The zero-order valence-corrected chi connectivity index (χ0v) is 12.3. The van der Waals surface area contributed by atoms with Crippen molar-refractivity contribution in [3.05, 3.63) is 65.7 Å². The van der Waals surface area contributed by atoms with Gasteiger partial charge in [-0.25, -0.2) is 14.0 Å². The van der Waals surface area contributed by atoms with Gasteiger partial charge in [-0.05, 0) is 24.6 Å². The summed E-state index contributed by atoms with van der Waals surface area (Å²) in [5.41, 5.74) is 6.61. The molecule has 0 fully saturated rings. The number of sulfonamides is 1. The van der Waals surface area contributed by atoms with Crippen molar-refractivity contribution in [3.63, 3.8) is 0 Å². The van der Waals surface area contributed by atoms with Gasteiger partial charge in [0, 0.05) is 0 Å². The number of benzene rings is 2. The molecule has 7 heteroatoms. The fourth-order valence-electron chi connectivity index (χ4n) is 1.54. The van der Waals surface area contributed by atoms with Crippen LogP contribution in [0.5, 0.6) is 0 Å². The highest BCUT2D eigenvalue weighted by atomic mass is 32.2. The predicted molar refractivity (Wildman–Crippen MR) is 81.8 cm³/mol. The average molecular weight is 304 g/mol. The summed E-state index contributed by atoms with van der Waals surface area (Å²) in [6, 6.07) is 16.0. The summed E-state index contributed by atoms with van der Waals surface area (Å²) in [4.78, 5) is 2.35. The maximum absolute atomic E-state index is 11.9. The van der Waals surface area contributed by atoms with E-state index >= 15 is 0 Å². The van der Waals surface area contributed by atoms with Crippen LogP contribution in [0, 0.1) is 6.92 Å². The number of nitrogens with one attached hydrogen (secondary N) is 3. The summed E-state index contributed by atoms with van der Waals surface area (Å²) in [5.74, 6) is 0. The molecule has 0 aliphatic heterocycles. The summed E-state index contributed by atoms with van der Waals surface area (Å²) in [6.07, 6.45) is 1.56. The molecule has 0 bridgehead atoms. The zero-order chi connectivity index (χ0) is 15.1. The van der Waals surface area contributed by atoms with Crippen LogP contribution < -0.4 is 15.9 Å². The van der Waals surface area contributed by atoms with Gasteiger partial charge in [-0.15, -0.1) is 10.4 Å². The van der Waals surface area contributed by atoms with E-state index in [2.05, 4.69) is 21.0 Å². The first-order chi connectivity index (χ1) is 10.1. The molecule has 6 nitrogen and oxygen atoms in total. The minimum atomic E-state index is -3.62. The van der Waals surface area contributed by atoms with Crippen molar-refractivity contribution in [1.82, 2.24) is 15.9 Å². The third-order valence-corrected chi connectivity index (χ3v) is 3.91. The van der Waals surface area contributed by atoms with Gasteiger partial charge in [0.2, 0.25) is 0 Å². The Morgan fingerprint density at radius 3 is 2.33 bits per heavy atom. The molecule has 2 aromatic rings. The van der Waals surface area contributed by atoms with Gasteiger partial charge in [-0.1, -0.05) is 48.0 Å². The standard InChI is InChI=1S/C14H16N4O2S/c1-12-7-9-14(10-8-12)21(19,20)18-17-16-15-11-13-5-3-2-4-6-13/h2-11,16-18H,1H3. The smallest absolute Gasteiger partial charge is 0.228 e. The van der Waals surface area contributed by atoms with Crippen molar-refractivity contribution in [3.8, 4) is 0 Å². The van der Waals surface area contributed by atoms with Crippen LogP contribution in [0.4, 0.5) is 0 Å². The van der Waals surface area contributed by atoms with Crippen LogP contribution in [0.25, 0.3) is 0 Å². The Morgan fingerprint density at radius 1 is 1.00 bits per heavy atom. The lowest BCUT2D eigenvalue weighted by Gasteiger charge is -2.07. The van der Waals surface area contributed by atoms with Crippen LogP contribution in [-0.4, -0.2) is 14.6 Å². The van der Waals surface area contributed by atoms with E-state index in [4.69, 9.17) is 0 Å². The van der Waals surface area contributed by atoms with E-state index in [1.807, 2.05) is 37.3 Å². The van der Waals surface area contributed by atoms with Gasteiger partial charge in [0.15, 0.2) is 0 Å². The van der Waals surface area contributed by atoms with Crippen LogP contribution in [0.1, 0.15) is 11.1 Å². The van der Waals surface area contributed by atoms with Gasteiger partial charge >= 0.3 is 0 Å². The minimum Gasteiger partial charge on any atom is -0.228 e. The summed E-state index contributed by atoms with van der Waals surface area (Å²) in [7, 11) is -3.62. The topological polar surface area (TPSA) is 82.6 Å². The van der Waals surface area contributed by atoms with E-state index in [1.54, 1.807) is 18.3 Å². The predicted octanol–water partition coefficient (Wildman–Crippen LogP) is 1.32. The van der Waals surface area contributed by atoms with Crippen molar-refractivity contribution in [2.45, 2.75) is 11.8 Å². The van der Waals surface area contributed by atoms with Gasteiger partial charge in [0.25, 0.3) is 10.0 Å².